The van der Waals surface area contributed by atoms with E-state index < -0.39 is 23.8 Å². The highest BCUT2D eigenvalue weighted by Crippen LogP contribution is 2.39. The van der Waals surface area contributed by atoms with Gasteiger partial charge in [0.25, 0.3) is 17.9 Å². The molecule has 3 aromatic carbocycles. The Morgan fingerprint density at radius 3 is 2.62 bits per heavy atom. The summed E-state index contributed by atoms with van der Waals surface area (Å²) in [6, 6.07) is 14.6. The van der Waals surface area contributed by atoms with Crippen LogP contribution in [0.3, 0.4) is 0 Å². The first-order valence-electron chi connectivity index (χ1n) is 10.6. The smallest absolute Gasteiger partial charge is 0.262 e. The van der Waals surface area contributed by atoms with Gasteiger partial charge >= 0.3 is 0 Å². The van der Waals surface area contributed by atoms with Crippen molar-refractivity contribution in [1.29, 1.82) is 0 Å². The number of benzene rings is 3. The van der Waals surface area contributed by atoms with Gasteiger partial charge in [0.1, 0.15) is 0 Å². The molecule has 0 aromatic heterocycles. The lowest BCUT2D eigenvalue weighted by molar-refractivity contribution is -0.121. The molecule has 1 atom stereocenters. The van der Waals surface area contributed by atoms with Crippen LogP contribution in [0.15, 0.2) is 59.7 Å². The molecule has 172 valence electrons. The molecule has 9 heteroatoms. The summed E-state index contributed by atoms with van der Waals surface area (Å²) >= 11 is 0. The third-order valence-electron chi connectivity index (χ3n) is 5.60. The molecule has 1 N–H and O–H groups in total. The number of carbonyl (C=O) groups is 3. The summed E-state index contributed by atoms with van der Waals surface area (Å²) in [6.45, 7) is 2.17. The molecule has 1 unspecified atom stereocenters. The van der Waals surface area contributed by atoms with E-state index in [0.29, 0.717) is 29.1 Å². The SMILES string of the molecule is CCOc1cc(C(CC(=O)NN=C=O)N2C(=O)c3ccc4ccccc4c3C2=O)ccc1OC. The zero-order valence-corrected chi connectivity index (χ0v) is 18.5. The van der Waals surface area contributed by atoms with Crippen LogP contribution in [-0.4, -0.2) is 42.4 Å². The molecule has 3 aromatic rings. The van der Waals surface area contributed by atoms with Gasteiger partial charge in [-0.15, -0.1) is 0 Å². The topological polar surface area (TPSA) is 114 Å². The normalized spacial score (nSPS) is 13.3. The number of amides is 3. The minimum atomic E-state index is -0.988. The van der Waals surface area contributed by atoms with E-state index in [2.05, 4.69) is 10.5 Å². The van der Waals surface area contributed by atoms with E-state index >= 15 is 0 Å². The number of methoxy groups -OCH3 is 1. The summed E-state index contributed by atoms with van der Waals surface area (Å²) in [7, 11) is 1.50. The number of nitrogens with one attached hydrogen (secondary N) is 1. The highest BCUT2D eigenvalue weighted by Gasteiger charge is 2.42. The lowest BCUT2D eigenvalue weighted by Gasteiger charge is -2.26. The van der Waals surface area contributed by atoms with Gasteiger partial charge in [-0.3, -0.25) is 19.3 Å². The van der Waals surface area contributed by atoms with Crippen LogP contribution in [0.1, 0.15) is 45.7 Å². The second-order valence-electron chi connectivity index (χ2n) is 7.49. The molecular formula is C25H21N3O6. The molecule has 34 heavy (non-hydrogen) atoms. The third-order valence-corrected chi connectivity index (χ3v) is 5.60. The Labute approximate surface area is 194 Å². The molecule has 3 amide bonds. The molecular weight excluding hydrogens is 438 g/mol. The minimum absolute atomic E-state index is 0.263. The van der Waals surface area contributed by atoms with Crippen LogP contribution >= 0.6 is 0 Å². The predicted octanol–water partition coefficient (Wildman–Crippen LogP) is 3.34. The van der Waals surface area contributed by atoms with Gasteiger partial charge in [0.15, 0.2) is 11.5 Å². The molecule has 0 saturated heterocycles. The van der Waals surface area contributed by atoms with Crippen molar-refractivity contribution in [3.8, 4) is 11.5 Å². The minimum Gasteiger partial charge on any atom is -0.493 e. The molecule has 0 radical (unpaired) electrons. The molecule has 1 heterocycles. The summed E-state index contributed by atoms with van der Waals surface area (Å²) in [5.41, 5.74) is 3.09. The fourth-order valence-electron chi connectivity index (χ4n) is 4.14. The van der Waals surface area contributed by atoms with Crippen LogP contribution in [0.25, 0.3) is 10.8 Å². The highest BCUT2D eigenvalue weighted by molar-refractivity contribution is 6.26. The Morgan fingerprint density at radius 2 is 1.88 bits per heavy atom. The lowest BCUT2D eigenvalue weighted by atomic mass is 10.00. The number of hydrazone groups is 1. The summed E-state index contributed by atoms with van der Waals surface area (Å²) < 4.78 is 11.0. The standard InChI is InChI=1S/C25H21N3O6/c1-3-34-21-12-16(9-11-20(21)33-2)19(13-22(30)27-26-14-29)28-24(31)18-10-8-15-6-4-5-7-17(15)23(18)25(28)32/h4-12,19H,3,13H2,1-2H3,(H,27,30). The Morgan fingerprint density at radius 1 is 1.09 bits per heavy atom. The van der Waals surface area contributed by atoms with Gasteiger partial charge in [0.05, 0.1) is 37.3 Å². The maximum absolute atomic E-state index is 13.6. The molecule has 0 saturated carbocycles. The molecule has 9 nitrogen and oxygen atoms in total. The summed E-state index contributed by atoms with van der Waals surface area (Å²) in [5, 5.41) is 4.57. The lowest BCUT2D eigenvalue weighted by Crippen LogP contribution is -2.37. The van der Waals surface area contributed by atoms with E-state index in [1.54, 1.807) is 42.5 Å². The van der Waals surface area contributed by atoms with E-state index in [1.165, 1.54) is 13.2 Å². The van der Waals surface area contributed by atoms with Crippen molar-refractivity contribution >= 4 is 34.6 Å². The highest BCUT2D eigenvalue weighted by atomic mass is 16.5. The number of nitrogens with zero attached hydrogens (tertiary/aromatic N) is 2. The van der Waals surface area contributed by atoms with Crippen LogP contribution in [0, 0.1) is 0 Å². The first-order chi connectivity index (χ1) is 16.5. The number of isocyanates is 1. The number of fused-ring (bicyclic) bond motifs is 3. The van der Waals surface area contributed by atoms with Crippen molar-refractivity contribution in [2.24, 2.45) is 5.10 Å². The van der Waals surface area contributed by atoms with Crippen LogP contribution in [0.5, 0.6) is 11.5 Å². The summed E-state index contributed by atoms with van der Waals surface area (Å²) in [4.78, 5) is 51.0. The van der Waals surface area contributed by atoms with Gasteiger partial charge in [-0.05, 0) is 41.5 Å². The van der Waals surface area contributed by atoms with Crippen molar-refractivity contribution in [3.63, 3.8) is 0 Å². The first-order valence-corrected chi connectivity index (χ1v) is 10.6. The van der Waals surface area contributed by atoms with Crippen molar-refractivity contribution in [2.75, 3.05) is 13.7 Å². The molecule has 0 bridgehead atoms. The number of rotatable bonds is 8. The quantitative estimate of drug-likeness (QED) is 0.239. The number of imide groups is 1. The summed E-state index contributed by atoms with van der Waals surface area (Å²) in [6.07, 6.45) is 0.906. The van der Waals surface area contributed by atoms with Crippen molar-refractivity contribution in [3.05, 3.63) is 71.3 Å². The Kier molecular flexibility index (Phi) is 6.38. The maximum Gasteiger partial charge on any atom is 0.262 e. The maximum atomic E-state index is 13.6. The predicted molar refractivity (Wildman–Crippen MR) is 122 cm³/mol. The van der Waals surface area contributed by atoms with E-state index in [-0.39, 0.29) is 17.5 Å². The van der Waals surface area contributed by atoms with Crippen LogP contribution in [0.2, 0.25) is 0 Å². The Bertz CT molecular complexity index is 1350. The van der Waals surface area contributed by atoms with Crippen molar-refractivity contribution in [1.82, 2.24) is 10.3 Å². The van der Waals surface area contributed by atoms with E-state index in [0.717, 1.165) is 10.3 Å². The molecule has 4 rings (SSSR count). The molecule has 0 fully saturated rings. The number of ether oxygens (including phenoxy) is 2. The molecule has 0 aliphatic carbocycles. The average Bonchev–Trinajstić information content (AvgIpc) is 3.11. The molecule has 1 aliphatic rings. The van der Waals surface area contributed by atoms with Gasteiger partial charge in [-0.1, -0.05) is 41.5 Å². The van der Waals surface area contributed by atoms with E-state index in [9.17, 15) is 19.2 Å². The molecule has 0 spiro atoms. The molecule has 1 aliphatic heterocycles. The number of hydrogen-bond donors (Lipinski definition) is 1. The summed E-state index contributed by atoms with van der Waals surface area (Å²) in [5.74, 6) is -0.824. The van der Waals surface area contributed by atoms with E-state index in [1.807, 2.05) is 19.1 Å². The first kappa shape index (κ1) is 22.7. The van der Waals surface area contributed by atoms with Gasteiger partial charge in [-0.2, -0.15) is 0 Å². The van der Waals surface area contributed by atoms with Crippen LogP contribution in [-0.2, 0) is 9.59 Å². The van der Waals surface area contributed by atoms with Gasteiger partial charge in [0, 0.05) is 0 Å². The second-order valence-corrected chi connectivity index (χ2v) is 7.49. The fraction of sp³-hybridized carbons (Fsp3) is 0.200. The second kappa shape index (κ2) is 9.56. The van der Waals surface area contributed by atoms with Crippen LogP contribution < -0.4 is 14.9 Å². The van der Waals surface area contributed by atoms with E-state index in [4.69, 9.17) is 9.47 Å². The average molecular weight is 459 g/mol. The zero-order chi connectivity index (χ0) is 24.2. The Hall–Kier alpha value is -4.49. The zero-order valence-electron chi connectivity index (χ0n) is 18.5. The fourth-order valence-corrected chi connectivity index (χ4v) is 4.14. The largest absolute Gasteiger partial charge is 0.493 e. The van der Waals surface area contributed by atoms with Crippen LogP contribution in [0.4, 0.5) is 0 Å². The number of carbonyl (C=O) groups excluding carboxylic acids is 4. The van der Waals surface area contributed by atoms with Gasteiger partial charge < -0.3 is 9.47 Å². The monoisotopic (exact) mass is 459 g/mol. The van der Waals surface area contributed by atoms with Gasteiger partial charge in [0.2, 0.25) is 5.91 Å². The number of hydrogen-bond acceptors (Lipinski definition) is 7. The third kappa shape index (κ3) is 4.00. The van der Waals surface area contributed by atoms with Gasteiger partial charge in [-0.25, -0.2) is 10.2 Å². The Balaban J connectivity index is 1.82. The van der Waals surface area contributed by atoms with Crippen molar-refractivity contribution in [2.45, 2.75) is 19.4 Å². The van der Waals surface area contributed by atoms with Crippen molar-refractivity contribution < 1.29 is 28.7 Å².